The molecule has 144 valence electrons. The maximum atomic E-state index is 12.9. The van der Waals surface area contributed by atoms with Crippen molar-refractivity contribution in [2.75, 3.05) is 28.4 Å². The quantitative estimate of drug-likeness (QED) is 0.219. The third kappa shape index (κ3) is 3.84. The van der Waals surface area contributed by atoms with Gasteiger partial charge < -0.3 is 28.6 Å². The Morgan fingerprint density at radius 2 is 1.67 bits per heavy atom. The fraction of sp³-hybridized carbons (Fsp3) is 0.312. The maximum absolute atomic E-state index is 12.9. The number of hydrogen-bond donors (Lipinski definition) is 0. The summed E-state index contributed by atoms with van der Waals surface area (Å²) in [6.07, 6.45) is 0. The minimum Gasteiger partial charge on any atom is -0.497 e. The van der Waals surface area contributed by atoms with Crippen LogP contribution in [0.25, 0.3) is 16.9 Å². The molecular weight excluding hydrogens is 377 g/mol. The van der Waals surface area contributed by atoms with Crippen LogP contribution >= 0.6 is 7.60 Å². The summed E-state index contributed by atoms with van der Waals surface area (Å²) < 4.78 is 37.7. The number of Topliss-reactive ketones (excluding diaryl/α,β-unsaturated/α-hetero) is 1. The van der Waals surface area contributed by atoms with E-state index in [1.165, 1.54) is 21.1 Å². The van der Waals surface area contributed by atoms with E-state index in [0.717, 1.165) is 14.2 Å². The van der Waals surface area contributed by atoms with E-state index < -0.39 is 18.8 Å². The molecule has 0 saturated heterocycles. The van der Waals surface area contributed by atoms with Crippen molar-refractivity contribution >= 4 is 18.8 Å². The largest absolute Gasteiger partial charge is 0.497 e. The molecule has 0 bridgehead atoms. The second kappa shape index (κ2) is 8.28. The fourth-order valence-corrected chi connectivity index (χ4v) is 3.32. The number of rotatable bonds is 8. The van der Waals surface area contributed by atoms with Gasteiger partial charge in [0.2, 0.25) is 0 Å². The van der Waals surface area contributed by atoms with E-state index in [2.05, 4.69) is 9.95 Å². The topological polar surface area (TPSA) is 133 Å². The van der Waals surface area contributed by atoms with Crippen LogP contribution in [0.15, 0.2) is 22.7 Å². The molecule has 0 saturated carbocycles. The highest BCUT2D eigenvalue weighted by molar-refractivity contribution is 7.75. The highest BCUT2D eigenvalue weighted by Gasteiger charge is 2.47. The van der Waals surface area contributed by atoms with Gasteiger partial charge in [0, 0.05) is 25.8 Å². The van der Waals surface area contributed by atoms with Crippen LogP contribution in [0.1, 0.15) is 16.1 Å². The van der Waals surface area contributed by atoms with Gasteiger partial charge in [0.25, 0.3) is 5.78 Å². The van der Waals surface area contributed by atoms with E-state index in [9.17, 15) is 14.9 Å². The van der Waals surface area contributed by atoms with Crippen molar-refractivity contribution in [1.82, 2.24) is 5.16 Å². The van der Waals surface area contributed by atoms with Gasteiger partial charge in [-0.05, 0) is 19.1 Å². The van der Waals surface area contributed by atoms with Crippen LogP contribution in [0.3, 0.4) is 0 Å². The summed E-state index contributed by atoms with van der Waals surface area (Å²) in [7, 11) is 0.959. The Morgan fingerprint density at radius 3 is 2.11 bits per heavy atom. The van der Waals surface area contributed by atoms with Gasteiger partial charge in [0.05, 0.1) is 19.9 Å². The molecule has 1 heterocycles. The first-order chi connectivity index (χ1) is 12.8. The molecule has 0 amide bonds. The molecule has 2 aromatic rings. The van der Waals surface area contributed by atoms with Crippen molar-refractivity contribution in [1.29, 1.82) is 0 Å². The fourth-order valence-electron chi connectivity index (χ4n) is 2.36. The van der Waals surface area contributed by atoms with Crippen molar-refractivity contribution in [3.63, 3.8) is 0 Å². The Bertz CT molecular complexity index is 933. The lowest BCUT2D eigenvalue weighted by atomic mass is 10.0. The highest BCUT2D eigenvalue weighted by Crippen LogP contribution is 2.48. The summed E-state index contributed by atoms with van der Waals surface area (Å²) in [6.45, 7) is 1.51. The van der Waals surface area contributed by atoms with Gasteiger partial charge in [-0.3, -0.25) is 4.79 Å². The van der Waals surface area contributed by atoms with Crippen LogP contribution in [0.5, 0.6) is 11.5 Å². The zero-order chi connectivity index (χ0) is 20.2. The Hall–Kier alpha value is -2.77. The van der Waals surface area contributed by atoms with E-state index >= 15 is 0 Å². The lowest BCUT2D eigenvalue weighted by Gasteiger charge is -2.09. The van der Waals surface area contributed by atoms with Crippen molar-refractivity contribution < 1.29 is 37.2 Å². The molecular formula is C16H18N3O7P. The Balaban J connectivity index is 2.66. The number of aromatic nitrogens is 1. The molecule has 0 aliphatic rings. The lowest BCUT2D eigenvalue weighted by Crippen LogP contribution is -2.19. The predicted molar refractivity (Wildman–Crippen MR) is 94.4 cm³/mol. The van der Waals surface area contributed by atoms with Crippen LogP contribution in [-0.2, 0) is 13.6 Å². The van der Waals surface area contributed by atoms with Crippen LogP contribution < -0.4 is 9.47 Å². The van der Waals surface area contributed by atoms with Gasteiger partial charge >= 0.3 is 13.0 Å². The zero-order valence-corrected chi connectivity index (χ0v) is 16.3. The number of hydrogen-bond acceptors (Lipinski definition) is 8. The Labute approximate surface area is 155 Å². The Kier molecular flexibility index (Phi) is 6.30. The number of aryl methyl sites for hydroxylation is 1. The molecule has 0 unspecified atom stereocenters. The molecule has 27 heavy (non-hydrogen) atoms. The van der Waals surface area contributed by atoms with Gasteiger partial charge in [0.15, 0.2) is 5.76 Å². The summed E-state index contributed by atoms with van der Waals surface area (Å²) >= 11 is 0. The molecule has 1 aromatic carbocycles. The summed E-state index contributed by atoms with van der Waals surface area (Å²) in [4.78, 5) is 15.8. The summed E-state index contributed by atoms with van der Waals surface area (Å²) in [5.74, 6) is 0.0364. The van der Waals surface area contributed by atoms with Crippen molar-refractivity contribution in [2.45, 2.75) is 6.92 Å². The van der Waals surface area contributed by atoms with Gasteiger partial charge in [-0.15, -0.1) is 0 Å². The van der Waals surface area contributed by atoms with Gasteiger partial charge in [-0.1, -0.05) is 5.16 Å². The summed E-state index contributed by atoms with van der Waals surface area (Å²) in [5, 5.41) is 3.79. The highest BCUT2D eigenvalue weighted by atomic mass is 31.2. The maximum Gasteiger partial charge on any atom is 0.449 e. The number of benzene rings is 1. The molecule has 0 atom stereocenters. The average Bonchev–Trinajstić information content (AvgIpc) is 3.09. The number of ether oxygens (including phenoxy) is 2. The van der Waals surface area contributed by atoms with Crippen LogP contribution in [0, 0.1) is 6.92 Å². The molecule has 2 rings (SSSR count). The van der Waals surface area contributed by atoms with Crippen molar-refractivity contribution in [3.8, 4) is 22.8 Å². The smallest absolute Gasteiger partial charge is 0.449 e. The second-order valence-corrected chi connectivity index (χ2v) is 7.34. The van der Waals surface area contributed by atoms with Gasteiger partial charge in [-0.25, -0.2) is 4.57 Å². The monoisotopic (exact) mass is 395 g/mol. The number of carbonyl (C=O) groups is 1. The molecule has 11 heteroatoms. The van der Waals surface area contributed by atoms with E-state index in [0.29, 0.717) is 17.1 Å². The van der Waals surface area contributed by atoms with Gasteiger partial charge in [-0.2, -0.15) is 4.79 Å². The summed E-state index contributed by atoms with van der Waals surface area (Å²) in [5.41, 5.74) is 9.00. The standard InChI is InChI=1S/C16H18N3O7P/c1-9-13(14(20)16(18-17)27(21,24-4)25-5)15(26-19-9)10-6-11(22-2)8-12(7-10)23-3/h6-8H,1-5H3. The zero-order valence-electron chi connectivity index (χ0n) is 15.4. The first kappa shape index (κ1) is 20.5. The third-order valence-electron chi connectivity index (χ3n) is 3.74. The summed E-state index contributed by atoms with van der Waals surface area (Å²) in [6, 6.07) is 4.83. The van der Waals surface area contributed by atoms with Crippen molar-refractivity contribution in [3.05, 3.63) is 35.0 Å². The molecule has 1 aromatic heterocycles. The minimum atomic E-state index is -4.12. The van der Waals surface area contributed by atoms with E-state index in [1.807, 2.05) is 0 Å². The molecule has 0 radical (unpaired) electrons. The third-order valence-corrected chi connectivity index (χ3v) is 5.51. The predicted octanol–water partition coefficient (Wildman–Crippen LogP) is 2.96. The molecule has 0 aliphatic heterocycles. The molecule has 0 spiro atoms. The first-order valence-electron chi connectivity index (χ1n) is 7.53. The normalized spacial score (nSPS) is 11.0. The molecule has 0 aliphatic carbocycles. The average molecular weight is 395 g/mol. The number of methoxy groups -OCH3 is 2. The minimum absolute atomic E-state index is 0.0506. The molecule has 0 fully saturated rings. The molecule has 10 nitrogen and oxygen atoms in total. The van der Waals surface area contributed by atoms with Crippen LogP contribution in [0.4, 0.5) is 0 Å². The molecule has 0 N–H and O–H groups in total. The number of carbonyl (C=O) groups excluding carboxylic acids is 1. The van der Waals surface area contributed by atoms with Crippen molar-refractivity contribution in [2.24, 2.45) is 0 Å². The van der Waals surface area contributed by atoms with E-state index in [-0.39, 0.29) is 17.0 Å². The lowest BCUT2D eigenvalue weighted by molar-refractivity contribution is -0.00425. The second-order valence-electron chi connectivity index (χ2n) is 5.19. The van der Waals surface area contributed by atoms with Gasteiger partial charge in [0.1, 0.15) is 17.1 Å². The van der Waals surface area contributed by atoms with E-state index in [1.54, 1.807) is 18.2 Å². The van der Waals surface area contributed by atoms with Crippen LogP contribution in [-0.4, -0.2) is 49.6 Å². The number of ketones is 1. The Morgan fingerprint density at radius 1 is 1.11 bits per heavy atom. The first-order valence-corrected chi connectivity index (χ1v) is 9.08. The number of nitrogens with zero attached hydrogens (tertiary/aromatic N) is 3. The van der Waals surface area contributed by atoms with E-state index in [4.69, 9.17) is 23.0 Å². The SMILES string of the molecule is COc1cc(OC)cc(-c2onc(C)c2C(=O)C(=[N+]=[N-])P(=O)(OC)OC)c1. The van der Waals surface area contributed by atoms with Crippen LogP contribution in [0.2, 0.25) is 0 Å².